The molecule has 3 nitrogen and oxygen atoms in total. The van der Waals surface area contributed by atoms with E-state index in [-0.39, 0.29) is 0 Å². The number of nitrogens with zero attached hydrogens (tertiary/aromatic N) is 1. The van der Waals surface area contributed by atoms with Gasteiger partial charge >= 0.3 is 0 Å². The highest BCUT2D eigenvalue weighted by molar-refractivity contribution is 6.32. The van der Waals surface area contributed by atoms with Gasteiger partial charge in [-0.3, -0.25) is 0 Å². The Kier molecular flexibility index (Phi) is 4.94. The number of halogens is 1. The Hall–Kier alpha value is -0.930. The average molecular weight is 283 g/mol. The fourth-order valence-corrected chi connectivity index (χ4v) is 2.85. The molecule has 2 unspecified atom stereocenters. The first-order valence-corrected chi connectivity index (χ1v) is 7.37. The fraction of sp³-hybridized carbons (Fsp3) is 0.600. The van der Waals surface area contributed by atoms with Gasteiger partial charge in [-0.1, -0.05) is 24.9 Å². The number of rotatable bonds is 4. The number of hydrogen-bond acceptors (Lipinski definition) is 3. The van der Waals surface area contributed by atoms with Crippen LogP contribution in [0.25, 0.3) is 0 Å². The molecule has 1 aromatic rings. The van der Waals surface area contributed by atoms with Crippen molar-refractivity contribution in [3.05, 3.63) is 23.2 Å². The van der Waals surface area contributed by atoms with Crippen molar-refractivity contribution in [2.45, 2.75) is 38.8 Å². The molecule has 1 aliphatic rings. The lowest BCUT2D eigenvalue weighted by atomic mass is 10.0. The summed E-state index contributed by atoms with van der Waals surface area (Å²) in [5.74, 6) is 0.747. The largest absolute Gasteiger partial charge is 0.495 e. The minimum absolute atomic E-state index is 0.485. The van der Waals surface area contributed by atoms with Gasteiger partial charge in [0.05, 0.1) is 12.1 Å². The number of nitrogens with one attached hydrogen (secondary N) is 1. The SMILES string of the molecule is CCCC1CN(c2ccc(Cl)c(OC)c2)C(C)CN1. The van der Waals surface area contributed by atoms with E-state index < -0.39 is 0 Å². The van der Waals surface area contributed by atoms with E-state index in [2.05, 4.69) is 30.1 Å². The molecule has 19 heavy (non-hydrogen) atoms. The lowest BCUT2D eigenvalue weighted by molar-refractivity contribution is 0.385. The van der Waals surface area contributed by atoms with E-state index in [1.165, 1.54) is 18.5 Å². The molecule has 0 amide bonds. The molecule has 2 atom stereocenters. The molecule has 0 aliphatic carbocycles. The molecule has 1 fully saturated rings. The van der Waals surface area contributed by atoms with Gasteiger partial charge in [0, 0.05) is 36.9 Å². The van der Waals surface area contributed by atoms with Crippen LogP contribution in [-0.4, -0.2) is 32.3 Å². The Labute approximate surface area is 120 Å². The van der Waals surface area contributed by atoms with Crippen molar-refractivity contribution in [3.8, 4) is 5.75 Å². The monoisotopic (exact) mass is 282 g/mol. The zero-order valence-corrected chi connectivity index (χ0v) is 12.7. The molecule has 4 heteroatoms. The minimum Gasteiger partial charge on any atom is -0.495 e. The molecular weight excluding hydrogens is 260 g/mol. The van der Waals surface area contributed by atoms with Gasteiger partial charge in [-0.15, -0.1) is 0 Å². The number of methoxy groups -OCH3 is 1. The van der Waals surface area contributed by atoms with Gasteiger partial charge in [0.1, 0.15) is 5.75 Å². The van der Waals surface area contributed by atoms with E-state index in [1.807, 2.05) is 12.1 Å². The standard InChI is InChI=1S/C15H23ClN2O/c1-4-5-12-10-18(11(2)9-17-12)13-6-7-14(16)15(8-13)19-3/h6-8,11-12,17H,4-5,9-10H2,1-3H3. The number of benzene rings is 1. The maximum absolute atomic E-state index is 6.09. The second kappa shape index (κ2) is 6.49. The van der Waals surface area contributed by atoms with Crippen molar-refractivity contribution in [1.82, 2.24) is 5.32 Å². The predicted molar refractivity (Wildman–Crippen MR) is 81.5 cm³/mol. The summed E-state index contributed by atoms with van der Waals surface area (Å²) in [4.78, 5) is 2.44. The van der Waals surface area contributed by atoms with Crippen LogP contribution in [0, 0.1) is 0 Å². The van der Waals surface area contributed by atoms with Crippen LogP contribution < -0.4 is 15.0 Å². The van der Waals surface area contributed by atoms with Crippen molar-refractivity contribution in [2.24, 2.45) is 0 Å². The van der Waals surface area contributed by atoms with Crippen LogP contribution in [0.4, 0.5) is 5.69 Å². The van der Waals surface area contributed by atoms with Crippen LogP contribution in [0.5, 0.6) is 5.75 Å². The van der Waals surface area contributed by atoms with Crippen LogP contribution in [0.2, 0.25) is 5.02 Å². The second-order valence-corrected chi connectivity index (χ2v) is 5.62. The molecule has 1 N–H and O–H groups in total. The van der Waals surface area contributed by atoms with Crippen LogP contribution in [0.1, 0.15) is 26.7 Å². The second-order valence-electron chi connectivity index (χ2n) is 5.21. The topological polar surface area (TPSA) is 24.5 Å². The van der Waals surface area contributed by atoms with Crippen LogP contribution in [-0.2, 0) is 0 Å². The van der Waals surface area contributed by atoms with Gasteiger partial charge < -0.3 is 15.0 Å². The van der Waals surface area contributed by atoms with Gasteiger partial charge in [-0.25, -0.2) is 0 Å². The van der Waals surface area contributed by atoms with Crippen molar-refractivity contribution in [1.29, 1.82) is 0 Å². The van der Waals surface area contributed by atoms with Crippen LogP contribution >= 0.6 is 11.6 Å². The third-order valence-electron chi connectivity index (χ3n) is 3.75. The van der Waals surface area contributed by atoms with Gasteiger partial charge in [-0.2, -0.15) is 0 Å². The van der Waals surface area contributed by atoms with E-state index in [1.54, 1.807) is 7.11 Å². The Bertz CT molecular complexity index is 425. The third-order valence-corrected chi connectivity index (χ3v) is 4.07. The van der Waals surface area contributed by atoms with E-state index in [9.17, 15) is 0 Å². The van der Waals surface area contributed by atoms with Gasteiger partial charge in [0.2, 0.25) is 0 Å². The number of hydrogen-bond donors (Lipinski definition) is 1. The first kappa shape index (κ1) is 14.5. The summed E-state index contributed by atoms with van der Waals surface area (Å²) in [6, 6.07) is 7.09. The highest BCUT2D eigenvalue weighted by Crippen LogP contribution is 2.31. The molecule has 0 bridgehead atoms. The minimum atomic E-state index is 0.485. The van der Waals surface area contributed by atoms with Crippen molar-refractivity contribution >= 4 is 17.3 Å². The molecule has 1 heterocycles. The van der Waals surface area contributed by atoms with Crippen LogP contribution in [0.3, 0.4) is 0 Å². The number of piperazine rings is 1. The lowest BCUT2D eigenvalue weighted by Crippen LogP contribution is -2.55. The zero-order chi connectivity index (χ0) is 13.8. The molecule has 106 valence electrons. The maximum Gasteiger partial charge on any atom is 0.139 e. The number of ether oxygens (including phenoxy) is 1. The molecule has 1 aromatic carbocycles. The average Bonchev–Trinajstić information content (AvgIpc) is 2.42. The van der Waals surface area contributed by atoms with Crippen molar-refractivity contribution in [3.63, 3.8) is 0 Å². The van der Waals surface area contributed by atoms with Crippen molar-refractivity contribution in [2.75, 3.05) is 25.1 Å². The van der Waals surface area contributed by atoms with E-state index in [4.69, 9.17) is 16.3 Å². The van der Waals surface area contributed by atoms with Gasteiger partial charge in [0.15, 0.2) is 0 Å². The molecular formula is C15H23ClN2O. The Morgan fingerprint density at radius 3 is 2.95 bits per heavy atom. The lowest BCUT2D eigenvalue weighted by Gasteiger charge is -2.40. The van der Waals surface area contributed by atoms with E-state index in [0.717, 1.165) is 18.8 Å². The molecule has 0 spiro atoms. The smallest absolute Gasteiger partial charge is 0.139 e. The van der Waals surface area contributed by atoms with Gasteiger partial charge in [-0.05, 0) is 25.5 Å². The molecule has 1 saturated heterocycles. The van der Waals surface area contributed by atoms with E-state index >= 15 is 0 Å². The Morgan fingerprint density at radius 2 is 2.26 bits per heavy atom. The maximum atomic E-state index is 6.09. The highest BCUT2D eigenvalue weighted by atomic mass is 35.5. The summed E-state index contributed by atoms with van der Waals surface area (Å²) in [5.41, 5.74) is 1.19. The molecule has 0 aromatic heterocycles. The first-order chi connectivity index (χ1) is 9.15. The molecule has 0 radical (unpaired) electrons. The summed E-state index contributed by atoms with van der Waals surface area (Å²) < 4.78 is 5.31. The normalized spacial score (nSPS) is 23.5. The first-order valence-electron chi connectivity index (χ1n) is 6.99. The predicted octanol–water partition coefficient (Wildman–Crippen LogP) is 3.32. The third kappa shape index (κ3) is 3.34. The van der Waals surface area contributed by atoms with Gasteiger partial charge in [0.25, 0.3) is 0 Å². The Morgan fingerprint density at radius 1 is 1.47 bits per heavy atom. The quantitative estimate of drug-likeness (QED) is 0.917. The summed E-state index contributed by atoms with van der Waals surface area (Å²) in [6.45, 7) is 6.54. The summed E-state index contributed by atoms with van der Waals surface area (Å²) in [5, 5.41) is 4.28. The van der Waals surface area contributed by atoms with Crippen molar-refractivity contribution < 1.29 is 4.74 Å². The van der Waals surface area contributed by atoms with Crippen LogP contribution in [0.15, 0.2) is 18.2 Å². The highest BCUT2D eigenvalue weighted by Gasteiger charge is 2.25. The van der Waals surface area contributed by atoms with E-state index in [0.29, 0.717) is 17.1 Å². The molecule has 0 saturated carbocycles. The summed E-state index contributed by atoms with van der Waals surface area (Å²) >= 11 is 6.09. The summed E-state index contributed by atoms with van der Waals surface area (Å²) in [7, 11) is 1.66. The fourth-order valence-electron chi connectivity index (χ4n) is 2.66. The number of anilines is 1. The summed E-state index contributed by atoms with van der Waals surface area (Å²) in [6.07, 6.45) is 2.43. The Balaban J connectivity index is 2.18. The molecule has 1 aliphatic heterocycles. The molecule has 2 rings (SSSR count). The zero-order valence-electron chi connectivity index (χ0n) is 11.9.